The van der Waals surface area contributed by atoms with Crippen molar-refractivity contribution in [3.63, 3.8) is 0 Å². The van der Waals surface area contributed by atoms with Crippen LogP contribution in [0.25, 0.3) is 0 Å². The zero-order valence-electron chi connectivity index (χ0n) is 23.1. The van der Waals surface area contributed by atoms with E-state index in [0.717, 1.165) is 50.1 Å². The molecule has 1 fully saturated rings. The second-order valence-electron chi connectivity index (χ2n) is 10.3. The average Bonchev–Trinajstić information content (AvgIpc) is 3.40. The first-order valence-electron chi connectivity index (χ1n) is 13.8. The van der Waals surface area contributed by atoms with Gasteiger partial charge in [0.2, 0.25) is 5.91 Å². The number of aromatic amines is 1. The summed E-state index contributed by atoms with van der Waals surface area (Å²) in [6.07, 6.45) is 3.14. The number of rotatable bonds is 11. The van der Waals surface area contributed by atoms with Crippen molar-refractivity contribution >= 4 is 28.9 Å². The maximum absolute atomic E-state index is 14.2. The molecule has 0 aliphatic carbocycles. The Bertz CT molecular complexity index is 1390. The molecule has 5 N–H and O–H groups in total. The summed E-state index contributed by atoms with van der Waals surface area (Å²) in [5, 5.41) is 19.6. The number of benzene rings is 2. The number of carbonyl (C=O) groups is 1. The third-order valence-electron chi connectivity index (χ3n) is 7.46. The van der Waals surface area contributed by atoms with Crippen molar-refractivity contribution in [1.29, 1.82) is 0 Å². The van der Waals surface area contributed by atoms with Gasteiger partial charge in [0.1, 0.15) is 11.7 Å². The van der Waals surface area contributed by atoms with E-state index in [1.165, 1.54) is 12.1 Å². The first kappa shape index (κ1) is 28.4. The number of nitrogens with one attached hydrogen (secondary N) is 2. The Balaban J connectivity index is 1.39. The number of piperidine rings is 1. The fraction of sp³-hybridized carbons (Fsp3) is 0.414. The SMILES string of the molecule is COc1cc2c(cc1OCCC1CCN(CCO)CC1)NCN(c1cccc(F)c1)C2=Nc1cc(CC(N)=O)[nH]n1. The fourth-order valence-corrected chi connectivity index (χ4v) is 5.30. The molecular formula is C29H36FN7O4. The molecule has 0 spiro atoms. The van der Waals surface area contributed by atoms with Crippen molar-refractivity contribution in [1.82, 2.24) is 15.1 Å². The zero-order valence-corrected chi connectivity index (χ0v) is 23.1. The van der Waals surface area contributed by atoms with Crippen molar-refractivity contribution in [2.75, 3.05) is 56.8 Å². The van der Waals surface area contributed by atoms with Gasteiger partial charge in [-0.15, -0.1) is 0 Å². The topological polar surface area (TPSA) is 141 Å². The van der Waals surface area contributed by atoms with E-state index in [0.29, 0.717) is 53.7 Å². The van der Waals surface area contributed by atoms with Crippen LogP contribution >= 0.6 is 0 Å². The zero-order chi connectivity index (χ0) is 28.8. The predicted molar refractivity (Wildman–Crippen MR) is 154 cm³/mol. The van der Waals surface area contributed by atoms with Crippen molar-refractivity contribution < 1.29 is 23.8 Å². The predicted octanol–water partition coefficient (Wildman–Crippen LogP) is 3.03. The van der Waals surface area contributed by atoms with Gasteiger partial charge in [0.15, 0.2) is 17.3 Å². The molecule has 218 valence electrons. The van der Waals surface area contributed by atoms with E-state index >= 15 is 0 Å². The summed E-state index contributed by atoms with van der Waals surface area (Å²) in [6, 6.07) is 11.7. The third kappa shape index (κ3) is 6.95. The minimum Gasteiger partial charge on any atom is -0.493 e. The number of aromatic nitrogens is 2. The highest BCUT2D eigenvalue weighted by Gasteiger charge is 2.27. The summed E-state index contributed by atoms with van der Waals surface area (Å²) in [5.41, 5.74) is 7.99. The van der Waals surface area contributed by atoms with E-state index in [4.69, 9.17) is 25.3 Å². The minimum atomic E-state index is -0.481. The van der Waals surface area contributed by atoms with Crippen LogP contribution in [0, 0.1) is 11.7 Å². The molecule has 11 nitrogen and oxygen atoms in total. The van der Waals surface area contributed by atoms with Crippen molar-refractivity contribution in [2.45, 2.75) is 25.7 Å². The van der Waals surface area contributed by atoms with Gasteiger partial charge >= 0.3 is 0 Å². The lowest BCUT2D eigenvalue weighted by Crippen LogP contribution is -2.40. The number of nitrogens with two attached hydrogens (primary N) is 1. The Kier molecular flexibility index (Phi) is 9.00. The van der Waals surface area contributed by atoms with E-state index in [-0.39, 0.29) is 18.8 Å². The molecule has 2 aliphatic heterocycles. The molecule has 1 aromatic heterocycles. The Hall–Kier alpha value is -4.16. The molecule has 5 rings (SSSR count). The second-order valence-corrected chi connectivity index (χ2v) is 10.3. The van der Waals surface area contributed by atoms with Crippen LogP contribution in [0.5, 0.6) is 11.5 Å². The number of ether oxygens (including phenoxy) is 2. The van der Waals surface area contributed by atoms with Crippen LogP contribution in [0.2, 0.25) is 0 Å². The largest absolute Gasteiger partial charge is 0.493 e. The molecule has 0 bridgehead atoms. The first-order chi connectivity index (χ1) is 19.9. The summed E-state index contributed by atoms with van der Waals surface area (Å²) in [7, 11) is 1.59. The number of aliphatic hydroxyl groups excluding tert-OH is 1. The number of H-pyrrole nitrogens is 1. The average molecular weight is 566 g/mol. The van der Waals surface area contributed by atoms with Gasteiger partial charge in [0.25, 0.3) is 0 Å². The van der Waals surface area contributed by atoms with Gasteiger partial charge in [-0.25, -0.2) is 9.38 Å². The second kappa shape index (κ2) is 13.0. The van der Waals surface area contributed by atoms with Crippen LogP contribution in [0.1, 0.15) is 30.5 Å². The summed E-state index contributed by atoms with van der Waals surface area (Å²) < 4.78 is 26.1. The van der Waals surface area contributed by atoms with Crippen LogP contribution in [0.3, 0.4) is 0 Å². The van der Waals surface area contributed by atoms with Crippen molar-refractivity contribution in [3.8, 4) is 11.5 Å². The van der Waals surface area contributed by atoms with Gasteiger partial charge in [-0.2, -0.15) is 5.10 Å². The lowest BCUT2D eigenvalue weighted by atomic mass is 9.94. The smallest absolute Gasteiger partial charge is 0.223 e. The van der Waals surface area contributed by atoms with Gasteiger partial charge < -0.3 is 35.4 Å². The molecule has 1 saturated heterocycles. The van der Waals surface area contributed by atoms with E-state index in [1.807, 2.05) is 17.0 Å². The Morgan fingerprint density at radius 3 is 2.78 bits per heavy atom. The number of nitrogens with zero attached hydrogens (tertiary/aromatic N) is 4. The third-order valence-corrected chi connectivity index (χ3v) is 7.46. The van der Waals surface area contributed by atoms with Gasteiger partial charge in [-0.1, -0.05) is 6.07 Å². The molecule has 12 heteroatoms. The van der Waals surface area contributed by atoms with Crippen molar-refractivity contribution in [3.05, 3.63) is 59.5 Å². The minimum absolute atomic E-state index is 0.0138. The van der Waals surface area contributed by atoms with Crippen LogP contribution < -0.4 is 25.4 Å². The Labute approximate surface area is 238 Å². The molecular weight excluding hydrogens is 529 g/mol. The molecule has 0 radical (unpaired) electrons. The van der Waals surface area contributed by atoms with Crippen LogP contribution in [0.4, 0.5) is 21.6 Å². The summed E-state index contributed by atoms with van der Waals surface area (Å²) in [6.45, 7) is 3.82. The number of aliphatic hydroxyl groups is 1. The van der Waals surface area contributed by atoms with Crippen LogP contribution in [-0.2, 0) is 11.2 Å². The highest BCUT2D eigenvalue weighted by Crippen LogP contribution is 2.38. The molecule has 2 aliphatic rings. The van der Waals surface area contributed by atoms with Crippen molar-refractivity contribution in [2.24, 2.45) is 16.6 Å². The molecule has 41 heavy (non-hydrogen) atoms. The Morgan fingerprint density at radius 1 is 1.22 bits per heavy atom. The lowest BCUT2D eigenvalue weighted by Gasteiger charge is -2.33. The van der Waals surface area contributed by atoms with Gasteiger partial charge in [0, 0.05) is 35.6 Å². The van der Waals surface area contributed by atoms with Gasteiger partial charge in [0.05, 0.1) is 39.1 Å². The van der Waals surface area contributed by atoms with Crippen LogP contribution in [0.15, 0.2) is 47.5 Å². The number of β-amino-alcohol motifs (C(OH)–C–C–N with tert-alkyl or cyclic N) is 1. The van der Waals surface area contributed by atoms with E-state index in [1.54, 1.807) is 25.3 Å². The number of methoxy groups -OCH3 is 1. The summed E-state index contributed by atoms with van der Waals surface area (Å²) >= 11 is 0. The number of aliphatic imine (C=N–C) groups is 1. The number of anilines is 2. The molecule has 3 heterocycles. The number of hydrogen-bond donors (Lipinski definition) is 4. The summed E-state index contributed by atoms with van der Waals surface area (Å²) in [4.78, 5) is 20.3. The number of carbonyl (C=O) groups excluding carboxylic acids is 1. The molecule has 1 amide bonds. The normalized spacial score (nSPS) is 16.9. The molecule has 0 unspecified atom stereocenters. The Morgan fingerprint density at radius 2 is 2.05 bits per heavy atom. The van der Waals surface area contributed by atoms with Crippen LogP contribution in [-0.4, -0.2) is 78.6 Å². The first-order valence-corrected chi connectivity index (χ1v) is 13.8. The molecule has 2 aromatic carbocycles. The molecule has 0 saturated carbocycles. The number of amides is 1. The summed E-state index contributed by atoms with van der Waals surface area (Å²) in [5.74, 6) is 1.80. The number of primary amides is 1. The fourth-order valence-electron chi connectivity index (χ4n) is 5.30. The number of halogens is 1. The standard InChI is InChI=1S/C29H36FN7O4/c1-40-25-16-23-24(17-26(25)41-12-7-19-5-8-36(9-6-19)10-11-38)32-18-37(22-4-2-3-20(30)13-22)29(23)33-28-15-21(34-35-28)14-27(31)39/h2-4,13,15-17,19,32,38H,5-12,14,18H2,1H3,(H2,31,39)(H,34,35). The number of hydrogen-bond acceptors (Lipinski definition) is 8. The quantitative estimate of drug-likeness (QED) is 0.278. The van der Waals surface area contributed by atoms with Gasteiger partial charge in [-0.3, -0.25) is 9.89 Å². The van der Waals surface area contributed by atoms with E-state index < -0.39 is 5.91 Å². The monoisotopic (exact) mass is 565 g/mol. The van der Waals surface area contributed by atoms with Gasteiger partial charge in [-0.05, 0) is 62.5 Å². The van der Waals surface area contributed by atoms with E-state index in [9.17, 15) is 9.18 Å². The molecule has 3 aromatic rings. The lowest BCUT2D eigenvalue weighted by molar-refractivity contribution is -0.117. The molecule has 0 atom stereocenters. The highest BCUT2D eigenvalue weighted by atomic mass is 19.1. The highest BCUT2D eigenvalue weighted by molar-refractivity contribution is 6.16. The number of likely N-dealkylation sites (tertiary alicyclic amines) is 1. The van der Waals surface area contributed by atoms with E-state index in [2.05, 4.69) is 20.4 Å². The number of fused-ring (bicyclic) bond motifs is 1. The maximum Gasteiger partial charge on any atom is 0.223 e. The number of amidine groups is 1. The maximum atomic E-state index is 14.2.